The third-order valence-corrected chi connectivity index (χ3v) is 6.80. The Hall–Kier alpha value is -3.34. The quantitative estimate of drug-likeness (QED) is 0.417. The molecule has 4 aromatic carbocycles. The van der Waals surface area contributed by atoms with Crippen LogP contribution in [0.1, 0.15) is 25.0 Å². The molecule has 0 radical (unpaired) electrons. The van der Waals surface area contributed by atoms with Crippen molar-refractivity contribution in [3.63, 3.8) is 0 Å². The Morgan fingerprint density at radius 3 is 2.16 bits per heavy atom. The third kappa shape index (κ3) is 2.49. The molecular weight excluding hydrogens is 381 g/mol. The minimum absolute atomic E-state index is 0.0879. The summed E-state index contributed by atoms with van der Waals surface area (Å²) >= 11 is 0. The number of aromatic nitrogens is 1. The predicted octanol–water partition coefficient (Wildman–Crippen LogP) is 4.77. The van der Waals surface area contributed by atoms with Gasteiger partial charge >= 0.3 is 7.12 Å². The number of hydrogen-bond donors (Lipinski definition) is 2. The van der Waals surface area contributed by atoms with Crippen LogP contribution in [-0.2, 0) is 5.41 Å². The monoisotopic (exact) mass is 403 g/mol. The van der Waals surface area contributed by atoms with Gasteiger partial charge in [-0.05, 0) is 58.0 Å². The lowest BCUT2D eigenvalue weighted by Crippen LogP contribution is -2.29. The maximum Gasteiger partial charge on any atom is 0.488 e. The highest BCUT2D eigenvalue weighted by molar-refractivity contribution is 6.59. The summed E-state index contributed by atoms with van der Waals surface area (Å²) in [6.45, 7) is 4.56. The van der Waals surface area contributed by atoms with Crippen LogP contribution in [0.2, 0.25) is 0 Å². The molecule has 0 aliphatic heterocycles. The molecule has 1 aliphatic rings. The van der Waals surface area contributed by atoms with E-state index in [1.54, 1.807) is 6.07 Å². The average molecular weight is 403 g/mol. The molecule has 1 heterocycles. The highest BCUT2D eigenvalue weighted by Crippen LogP contribution is 2.50. The number of nitrogens with zero attached hydrogens (tertiary/aromatic N) is 1. The van der Waals surface area contributed by atoms with Crippen molar-refractivity contribution < 1.29 is 10.0 Å². The molecule has 0 spiro atoms. The second-order valence-electron chi connectivity index (χ2n) is 8.91. The van der Waals surface area contributed by atoms with E-state index < -0.39 is 7.12 Å². The molecule has 0 fully saturated rings. The highest BCUT2D eigenvalue weighted by atomic mass is 16.4. The van der Waals surface area contributed by atoms with E-state index in [1.165, 1.54) is 22.3 Å². The molecule has 0 atom stereocenters. The van der Waals surface area contributed by atoms with Gasteiger partial charge in [-0.1, -0.05) is 68.4 Å². The van der Waals surface area contributed by atoms with Gasteiger partial charge in [-0.25, -0.2) is 0 Å². The first kappa shape index (κ1) is 18.4. The maximum atomic E-state index is 9.78. The number of benzene rings is 4. The van der Waals surface area contributed by atoms with Gasteiger partial charge in [-0.3, -0.25) is 0 Å². The first-order valence-electron chi connectivity index (χ1n) is 10.6. The minimum atomic E-state index is -1.49. The fourth-order valence-electron chi connectivity index (χ4n) is 5.25. The van der Waals surface area contributed by atoms with Crippen molar-refractivity contribution >= 4 is 34.4 Å². The zero-order valence-electron chi connectivity index (χ0n) is 17.5. The fraction of sp³-hybridized carbons (Fsp3) is 0.111. The summed E-state index contributed by atoms with van der Waals surface area (Å²) in [6, 6.07) is 29.3. The molecule has 3 nitrogen and oxygen atoms in total. The van der Waals surface area contributed by atoms with E-state index in [2.05, 4.69) is 66.9 Å². The Morgan fingerprint density at radius 2 is 1.39 bits per heavy atom. The minimum Gasteiger partial charge on any atom is -0.423 e. The molecule has 0 saturated heterocycles. The Kier molecular flexibility index (Phi) is 3.77. The van der Waals surface area contributed by atoms with Crippen molar-refractivity contribution in [1.29, 1.82) is 0 Å². The van der Waals surface area contributed by atoms with Crippen LogP contribution in [0.15, 0.2) is 84.9 Å². The standard InChI is InChI=1S/C27H22BNO2/c1-27(2)23-11-7-6-10-19(23)20-16-26-22(15-24(20)27)21-14-17(28(30)31)12-13-25(21)29(26)18-8-4-3-5-9-18/h3-16,30-31H,1-2H3. The topological polar surface area (TPSA) is 45.4 Å². The van der Waals surface area contributed by atoms with Crippen LogP contribution in [0.5, 0.6) is 0 Å². The molecule has 1 aromatic heterocycles. The van der Waals surface area contributed by atoms with Crippen LogP contribution in [0, 0.1) is 0 Å². The number of fused-ring (bicyclic) bond motifs is 6. The van der Waals surface area contributed by atoms with Crippen molar-refractivity contribution in [2.45, 2.75) is 19.3 Å². The number of rotatable bonds is 2. The molecule has 0 amide bonds. The van der Waals surface area contributed by atoms with Crippen molar-refractivity contribution in [3.8, 4) is 16.8 Å². The van der Waals surface area contributed by atoms with Crippen LogP contribution < -0.4 is 5.46 Å². The van der Waals surface area contributed by atoms with Crippen molar-refractivity contribution in [1.82, 2.24) is 4.57 Å². The van der Waals surface area contributed by atoms with E-state index in [0.29, 0.717) is 5.46 Å². The molecule has 150 valence electrons. The Morgan fingerprint density at radius 1 is 0.677 bits per heavy atom. The molecule has 0 bridgehead atoms. The first-order valence-corrected chi connectivity index (χ1v) is 10.6. The molecule has 5 aromatic rings. The SMILES string of the molecule is CC1(C)c2ccccc2-c2cc3c(cc21)c1cc(B(O)O)ccc1n3-c1ccccc1. The van der Waals surface area contributed by atoms with Crippen LogP contribution >= 0.6 is 0 Å². The summed E-state index contributed by atoms with van der Waals surface area (Å²) < 4.78 is 2.27. The molecule has 1 aliphatic carbocycles. The molecule has 31 heavy (non-hydrogen) atoms. The van der Waals surface area contributed by atoms with Gasteiger partial charge in [0.15, 0.2) is 0 Å². The largest absolute Gasteiger partial charge is 0.488 e. The summed E-state index contributed by atoms with van der Waals surface area (Å²) in [4.78, 5) is 0. The second kappa shape index (κ2) is 6.33. The van der Waals surface area contributed by atoms with Gasteiger partial charge in [-0.15, -0.1) is 0 Å². The van der Waals surface area contributed by atoms with Gasteiger partial charge < -0.3 is 14.6 Å². The van der Waals surface area contributed by atoms with Crippen molar-refractivity contribution in [3.05, 3.63) is 96.1 Å². The lowest BCUT2D eigenvalue weighted by Gasteiger charge is -2.21. The second-order valence-corrected chi connectivity index (χ2v) is 8.91. The van der Waals surface area contributed by atoms with Crippen LogP contribution in [-0.4, -0.2) is 21.7 Å². The smallest absolute Gasteiger partial charge is 0.423 e. The van der Waals surface area contributed by atoms with Gasteiger partial charge in [0.25, 0.3) is 0 Å². The molecule has 0 unspecified atom stereocenters. The van der Waals surface area contributed by atoms with Crippen LogP contribution in [0.3, 0.4) is 0 Å². The van der Waals surface area contributed by atoms with Crippen molar-refractivity contribution in [2.24, 2.45) is 0 Å². The van der Waals surface area contributed by atoms with Crippen molar-refractivity contribution in [2.75, 3.05) is 0 Å². The summed E-state index contributed by atoms with van der Waals surface area (Å²) in [5, 5.41) is 21.7. The predicted molar refractivity (Wildman–Crippen MR) is 128 cm³/mol. The molecule has 0 saturated carbocycles. The summed E-state index contributed by atoms with van der Waals surface area (Å²) in [5.74, 6) is 0. The fourth-order valence-corrected chi connectivity index (χ4v) is 5.25. The molecule has 6 rings (SSSR count). The normalized spacial score (nSPS) is 14.1. The van der Waals surface area contributed by atoms with E-state index in [1.807, 2.05) is 30.3 Å². The third-order valence-electron chi connectivity index (χ3n) is 6.80. The summed E-state index contributed by atoms with van der Waals surface area (Å²) in [5.41, 5.74) is 8.90. The zero-order chi connectivity index (χ0) is 21.3. The maximum absolute atomic E-state index is 9.78. The van der Waals surface area contributed by atoms with Gasteiger partial charge in [-0.2, -0.15) is 0 Å². The lowest BCUT2D eigenvalue weighted by molar-refractivity contribution is 0.426. The lowest BCUT2D eigenvalue weighted by atomic mass is 9.79. The van der Waals surface area contributed by atoms with Gasteiger partial charge in [0.2, 0.25) is 0 Å². The first-order chi connectivity index (χ1) is 15.0. The number of hydrogen-bond acceptors (Lipinski definition) is 2. The zero-order valence-corrected chi connectivity index (χ0v) is 17.5. The van der Waals surface area contributed by atoms with Gasteiger partial charge in [0, 0.05) is 21.9 Å². The Labute approximate surface area is 181 Å². The molecule has 2 N–H and O–H groups in total. The van der Waals surface area contributed by atoms with E-state index in [0.717, 1.165) is 27.5 Å². The van der Waals surface area contributed by atoms with E-state index in [-0.39, 0.29) is 5.41 Å². The van der Waals surface area contributed by atoms with E-state index in [9.17, 15) is 10.0 Å². The van der Waals surface area contributed by atoms with Gasteiger partial charge in [0.1, 0.15) is 0 Å². The number of para-hydroxylation sites is 1. The van der Waals surface area contributed by atoms with E-state index >= 15 is 0 Å². The summed E-state index contributed by atoms with van der Waals surface area (Å²) in [7, 11) is -1.49. The van der Waals surface area contributed by atoms with Crippen LogP contribution in [0.25, 0.3) is 38.6 Å². The van der Waals surface area contributed by atoms with Gasteiger partial charge in [0.05, 0.1) is 11.0 Å². The average Bonchev–Trinajstić information content (AvgIpc) is 3.22. The Balaban J connectivity index is 1.78. The highest BCUT2D eigenvalue weighted by Gasteiger charge is 2.36. The van der Waals surface area contributed by atoms with Crippen LogP contribution in [0.4, 0.5) is 0 Å². The molecule has 4 heteroatoms. The Bertz CT molecular complexity index is 1480. The summed E-state index contributed by atoms with van der Waals surface area (Å²) in [6.07, 6.45) is 0. The van der Waals surface area contributed by atoms with E-state index in [4.69, 9.17) is 0 Å². The molecular formula is C27H22BNO2.